The highest BCUT2D eigenvalue weighted by atomic mass is 16.5. The van der Waals surface area contributed by atoms with Crippen molar-refractivity contribution in [2.75, 3.05) is 11.9 Å². The maximum absolute atomic E-state index is 13.8. The molecule has 1 aliphatic carbocycles. The molecule has 0 spiro atoms. The monoisotopic (exact) mass is 504 g/mol. The fourth-order valence-electron chi connectivity index (χ4n) is 6.12. The Bertz CT molecular complexity index is 1450. The first-order valence-electron chi connectivity index (χ1n) is 13.6. The number of rotatable bonds is 5. The molecule has 5 nitrogen and oxygen atoms in total. The number of amides is 2. The molecule has 0 radical (unpaired) electrons. The molecule has 1 N–H and O–H groups in total. The second-order valence-corrected chi connectivity index (χ2v) is 10.4. The quantitative estimate of drug-likeness (QED) is 0.303. The zero-order chi connectivity index (χ0) is 25.9. The Morgan fingerprint density at radius 2 is 1.39 bits per heavy atom. The molecule has 1 aliphatic heterocycles. The first kappa shape index (κ1) is 24.2. The van der Waals surface area contributed by atoms with E-state index in [9.17, 15) is 9.59 Å². The lowest BCUT2D eigenvalue weighted by molar-refractivity contribution is 0.0392. The number of benzene rings is 4. The summed E-state index contributed by atoms with van der Waals surface area (Å²) in [5.41, 5.74) is 1.94. The topological polar surface area (TPSA) is 58.6 Å². The molecule has 2 fully saturated rings. The lowest BCUT2D eigenvalue weighted by atomic mass is 9.78. The van der Waals surface area contributed by atoms with Gasteiger partial charge in [-0.05, 0) is 85.5 Å². The minimum Gasteiger partial charge on any atom is -0.457 e. The summed E-state index contributed by atoms with van der Waals surface area (Å²) in [6.07, 6.45) is 7.14. The number of anilines is 1. The van der Waals surface area contributed by atoms with Gasteiger partial charge in [-0.15, -0.1) is 0 Å². The number of hydrogen-bond donors (Lipinski definition) is 1. The van der Waals surface area contributed by atoms with E-state index >= 15 is 0 Å². The molecule has 192 valence electrons. The lowest BCUT2D eigenvalue weighted by Crippen LogP contribution is -2.49. The fourth-order valence-corrected chi connectivity index (χ4v) is 6.12. The van der Waals surface area contributed by atoms with Crippen LogP contribution in [0.5, 0.6) is 11.5 Å². The normalized spacial score (nSPS) is 19.0. The van der Waals surface area contributed by atoms with Crippen LogP contribution in [0.4, 0.5) is 5.69 Å². The van der Waals surface area contributed by atoms with Gasteiger partial charge < -0.3 is 15.0 Å². The van der Waals surface area contributed by atoms with Crippen LogP contribution in [0.15, 0.2) is 91.0 Å². The average molecular weight is 505 g/mol. The van der Waals surface area contributed by atoms with Crippen molar-refractivity contribution in [3.05, 3.63) is 102 Å². The maximum atomic E-state index is 13.8. The number of para-hydroxylation sites is 1. The van der Waals surface area contributed by atoms with E-state index in [2.05, 4.69) is 10.2 Å². The Labute approximate surface area is 223 Å². The van der Waals surface area contributed by atoms with Crippen LogP contribution >= 0.6 is 0 Å². The fraction of sp³-hybridized carbons (Fsp3) is 0.273. The zero-order valence-electron chi connectivity index (χ0n) is 21.4. The number of carbonyl (C=O) groups is 2. The van der Waals surface area contributed by atoms with Crippen molar-refractivity contribution in [1.82, 2.24) is 4.90 Å². The molecule has 0 aromatic heterocycles. The highest BCUT2D eigenvalue weighted by Gasteiger charge is 2.36. The minimum absolute atomic E-state index is 0.115. The Morgan fingerprint density at radius 1 is 0.711 bits per heavy atom. The van der Waals surface area contributed by atoms with Gasteiger partial charge in [0, 0.05) is 34.8 Å². The third-order valence-electron chi connectivity index (χ3n) is 8.00. The van der Waals surface area contributed by atoms with Crippen LogP contribution in [-0.4, -0.2) is 29.3 Å². The van der Waals surface area contributed by atoms with Crippen molar-refractivity contribution in [3.63, 3.8) is 0 Å². The van der Waals surface area contributed by atoms with E-state index < -0.39 is 0 Å². The summed E-state index contributed by atoms with van der Waals surface area (Å²) in [6.45, 7) is 0.830. The lowest BCUT2D eigenvalue weighted by Gasteiger charge is -2.44. The highest BCUT2D eigenvalue weighted by molar-refractivity contribution is 6.14. The molecular formula is C33H32N2O3. The minimum atomic E-state index is -0.207. The largest absolute Gasteiger partial charge is 0.457 e. The predicted octanol–water partition coefficient (Wildman–Crippen LogP) is 7.68. The van der Waals surface area contributed by atoms with Gasteiger partial charge in [0.1, 0.15) is 11.5 Å². The molecule has 2 atom stereocenters. The van der Waals surface area contributed by atoms with Crippen molar-refractivity contribution in [1.29, 1.82) is 0 Å². The molecule has 0 bridgehead atoms. The Hall–Kier alpha value is -4.12. The van der Waals surface area contributed by atoms with Gasteiger partial charge in [0.15, 0.2) is 0 Å². The van der Waals surface area contributed by atoms with Gasteiger partial charge in [-0.3, -0.25) is 9.59 Å². The summed E-state index contributed by atoms with van der Waals surface area (Å²) >= 11 is 0. The van der Waals surface area contributed by atoms with Gasteiger partial charge in [-0.1, -0.05) is 55.3 Å². The Balaban J connectivity index is 1.22. The number of fused-ring (bicyclic) bond motifs is 2. The molecule has 6 rings (SSSR count). The molecule has 1 saturated carbocycles. The first-order valence-corrected chi connectivity index (χ1v) is 13.6. The van der Waals surface area contributed by atoms with Gasteiger partial charge in [0.05, 0.1) is 0 Å². The van der Waals surface area contributed by atoms with E-state index in [-0.39, 0.29) is 11.8 Å². The molecule has 4 aromatic rings. The molecule has 5 heteroatoms. The summed E-state index contributed by atoms with van der Waals surface area (Å²) in [5, 5.41) is 4.80. The van der Waals surface area contributed by atoms with Gasteiger partial charge >= 0.3 is 0 Å². The SMILES string of the molecule is O=C(Nc1ccc(C(=O)N2CCCC3CCCCC32)c2ccccc12)c1ccc(Oc2ccccc2)cc1. The number of nitrogens with one attached hydrogen (secondary N) is 1. The van der Waals surface area contributed by atoms with Crippen LogP contribution in [-0.2, 0) is 0 Å². The molecule has 4 aromatic carbocycles. The first-order chi connectivity index (χ1) is 18.7. The van der Waals surface area contributed by atoms with Crippen molar-refractivity contribution in [2.24, 2.45) is 5.92 Å². The summed E-state index contributed by atoms with van der Waals surface area (Å²) in [7, 11) is 0. The maximum Gasteiger partial charge on any atom is 0.255 e. The summed E-state index contributed by atoms with van der Waals surface area (Å²) in [4.78, 5) is 29.1. The van der Waals surface area contributed by atoms with Gasteiger partial charge in [0.25, 0.3) is 11.8 Å². The molecule has 2 amide bonds. The van der Waals surface area contributed by atoms with E-state index in [1.165, 1.54) is 25.7 Å². The van der Waals surface area contributed by atoms with Crippen LogP contribution in [0.3, 0.4) is 0 Å². The van der Waals surface area contributed by atoms with E-state index in [4.69, 9.17) is 4.74 Å². The van der Waals surface area contributed by atoms with Crippen molar-refractivity contribution < 1.29 is 14.3 Å². The highest BCUT2D eigenvalue weighted by Crippen LogP contribution is 2.37. The van der Waals surface area contributed by atoms with E-state index in [1.54, 1.807) is 24.3 Å². The third-order valence-corrected chi connectivity index (χ3v) is 8.00. The second-order valence-electron chi connectivity index (χ2n) is 10.4. The third kappa shape index (κ3) is 4.89. The molecule has 38 heavy (non-hydrogen) atoms. The zero-order valence-corrected chi connectivity index (χ0v) is 21.4. The number of carbonyl (C=O) groups excluding carboxylic acids is 2. The molecule has 1 heterocycles. The van der Waals surface area contributed by atoms with E-state index in [0.717, 1.165) is 35.9 Å². The standard InChI is InChI=1S/C33H32N2O3/c36-32(24-16-18-26(19-17-24)38-25-11-2-1-3-12-25)34-30-21-20-29(27-13-5-6-14-28(27)30)33(37)35-22-8-10-23-9-4-7-15-31(23)35/h1-3,5-6,11-14,16-21,23,31H,4,7-10,15,22H2,(H,34,36). The Morgan fingerprint density at radius 3 is 2.21 bits per heavy atom. The van der Waals surface area contributed by atoms with Crippen LogP contribution in [0.1, 0.15) is 59.2 Å². The van der Waals surface area contributed by atoms with Crippen LogP contribution < -0.4 is 10.1 Å². The van der Waals surface area contributed by atoms with Crippen LogP contribution in [0.2, 0.25) is 0 Å². The number of nitrogens with zero attached hydrogens (tertiary/aromatic N) is 1. The number of likely N-dealkylation sites (tertiary alicyclic amines) is 1. The smallest absolute Gasteiger partial charge is 0.255 e. The summed E-state index contributed by atoms with van der Waals surface area (Å²) in [6, 6.07) is 28.6. The number of piperidine rings is 1. The van der Waals surface area contributed by atoms with Gasteiger partial charge in [0.2, 0.25) is 0 Å². The average Bonchev–Trinajstić information content (AvgIpc) is 2.97. The van der Waals surface area contributed by atoms with Crippen LogP contribution in [0.25, 0.3) is 10.8 Å². The summed E-state index contributed by atoms with van der Waals surface area (Å²) in [5.74, 6) is 1.95. The number of hydrogen-bond acceptors (Lipinski definition) is 3. The second kappa shape index (κ2) is 10.7. The molecule has 2 unspecified atom stereocenters. The number of ether oxygens (including phenoxy) is 1. The molecule has 2 aliphatic rings. The predicted molar refractivity (Wildman–Crippen MR) is 151 cm³/mol. The van der Waals surface area contributed by atoms with E-state index in [0.29, 0.717) is 34.5 Å². The van der Waals surface area contributed by atoms with Crippen molar-refractivity contribution in [3.8, 4) is 11.5 Å². The van der Waals surface area contributed by atoms with Crippen molar-refractivity contribution in [2.45, 2.75) is 44.6 Å². The Kier molecular flexibility index (Phi) is 6.82. The van der Waals surface area contributed by atoms with Crippen LogP contribution in [0, 0.1) is 5.92 Å². The van der Waals surface area contributed by atoms with Gasteiger partial charge in [-0.25, -0.2) is 0 Å². The van der Waals surface area contributed by atoms with E-state index in [1.807, 2.05) is 66.7 Å². The van der Waals surface area contributed by atoms with Gasteiger partial charge in [-0.2, -0.15) is 0 Å². The molecular weight excluding hydrogens is 472 g/mol. The van der Waals surface area contributed by atoms with Crippen molar-refractivity contribution >= 4 is 28.3 Å². The molecule has 1 saturated heterocycles. The summed E-state index contributed by atoms with van der Waals surface area (Å²) < 4.78 is 5.84.